The lowest BCUT2D eigenvalue weighted by Gasteiger charge is -2.14. The molecule has 2 atom stereocenters. The predicted molar refractivity (Wildman–Crippen MR) is 63.2 cm³/mol. The van der Waals surface area contributed by atoms with Crippen LogP contribution in [0.2, 0.25) is 0 Å². The Kier molecular flexibility index (Phi) is 3.28. The molecule has 1 aliphatic heterocycles. The van der Waals surface area contributed by atoms with E-state index < -0.39 is 0 Å². The summed E-state index contributed by atoms with van der Waals surface area (Å²) in [6.45, 7) is 4.37. The van der Waals surface area contributed by atoms with Gasteiger partial charge in [-0.3, -0.25) is 0 Å². The molecule has 3 nitrogen and oxygen atoms in total. The molecule has 14 heavy (non-hydrogen) atoms. The standard InChI is InChI=1S/C9H15N3S2/c1-3-8-11-9(14-12-8)10-7-5-13-4-6(7)2/h6-7H,3-5H2,1-2H3,(H,10,11,12). The molecule has 0 saturated carbocycles. The summed E-state index contributed by atoms with van der Waals surface area (Å²) in [4.78, 5) is 4.41. The largest absolute Gasteiger partial charge is 0.356 e. The predicted octanol–water partition coefficient (Wildman–Crippen LogP) is 2.26. The number of hydrogen-bond acceptors (Lipinski definition) is 5. The normalized spacial score (nSPS) is 26.7. The lowest BCUT2D eigenvalue weighted by atomic mass is 10.1. The summed E-state index contributed by atoms with van der Waals surface area (Å²) in [6, 6.07) is 0.581. The minimum atomic E-state index is 0.581. The summed E-state index contributed by atoms with van der Waals surface area (Å²) in [6.07, 6.45) is 0.924. The van der Waals surface area contributed by atoms with E-state index in [4.69, 9.17) is 0 Å². The second kappa shape index (κ2) is 4.49. The lowest BCUT2D eigenvalue weighted by Crippen LogP contribution is -2.25. The number of thioether (sulfide) groups is 1. The molecule has 78 valence electrons. The van der Waals surface area contributed by atoms with Gasteiger partial charge in [0, 0.05) is 29.7 Å². The molecule has 0 spiro atoms. The van der Waals surface area contributed by atoms with Crippen molar-refractivity contribution in [2.75, 3.05) is 16.8 Å². The topological polar surface area (TPSA) is 37.8 Å². The Hall–Kier alpha value is -0.290. The van der Waals surface area contributed by atoms with Crippen molar-refractivity contribution in [3.63, 3.8) is 0 Å². The molecule has 1 N–H and O–H groups in total. The van der Waals surface area contributed by atoms with Gasteiger partial charge in [-0.25, -0.2) is 4.98 Å². The van der Waals surface area contributed by atoms with Crippen molar-refractivity contribution >= 4 is 28.4 Å². The molecule has 5 heteroatoms. The van der Waals surface area contributed by atoms with Gasteiger partial charge in [-0.2, -0.15) is 16.1 Å². The van der Waals surface area contributed by atoms with E-state index in [1.54, 1.807) is 0 Å². The summed E-state index contributed by atoms with van der Waals surface area (Å²) in [7, 11) is 0. The van der Waals surface area contributed by atoms with Gasteiger partial charge in [0.05, 0.1) is 0 Å². The molecule has 0 amide bonds. The summed E-state index contributed by atoms with van der Waals surface area (Å²) < 4.78 is 4.26. The van der Waals surface area contributed by atoms with Crippen molar-refractivity contribution in [1.82, 2.24) is 9.36 Å². The fourth-order valence-corrected chi connectivity index (χ4v) is 3.58. The van der Waals surface area contributed by atoms with Crippen LogP contribution in [0.5, 0.6) is 0 Å². The van der Waals surface area contributed by atoms with E-state index in [2.05, 4.69) is 28.5 Å². The zero-order chi connectivity index (χ0) is 9.97. The van der Waals surface area contributed by atoms with Crippen LogP contribution in [0.1, 0.15) is 19.7 Å². The van der Waals surface area contributed by atoms with Crippen molar-refractivity contribution in [1.29, 1.82) is 0 Å². The van der Waals surface area contributed by atoms with Gasteiger partial charge < -0.3 is 5.32 Å². The van der Waals surface area contributed by atoms with Gasteiger partial charge in [0.1, 0.15) is 5.82 Å². The fourth-order valence-electron chi connectivity index (χ4n) is 1.46. The summed E-state index contributed by atoms with van der Waals surface area (Å²) >= 11 is 3.50. The Morgan fingerprint density at radius 3 is 2.93 bits per heavy atom. The molecule has 1 aromatic rings. The lowest BCUT2D eigenvalue weighted by molar-refractivity contribution is 0.598. The van der Waals surface area contributed by atoms with Crippen molar-refractivity contribution in [3.05, 3.63) is 5.82 Å². The Labute approximate surface area is 92.9 Å². The third kappa shape index (κ3) is 2.20. The highest BCUT2D eigenvalue weighted by Gasteiger charge is 2.24. The monoisotopic (exact) mass is 229 g/mol. The summed E-state index contributed by atoms with van der Waals surface area (Å²) in [5.41, 5.74) is 0. The van der Waals surface area contributed by atoms with Gasteiger partial charge >= 0.3 is 0 Å². The minimum absolute atomic E-state index is 0.581. The maximum atomic E-state index is 4.41. The Morgan fingerprint density at radius 2 is 2.36 bits per heavy atom. The third-order valence-electron chi connectivity index (χ3n) is 2.46. The van der Waals surface area contributed by atoms with Crippen LogP contribution in [0.15, 0.2) is 0 Å². The summed E-state index contributed by atoms with van der Waals surface area (Å²) in [5, 5.41) is 4.46. The Bertz CT molecular complexity index is 300. The van der Waals surface area contributed by atoms with Crippen LogP contribution in [-0.4, -0.2) is 26.9 Å². The first-order valence-electron chi connectivity index (χ1n) is 4.96. The highest BCUT2D eigenvalue weighted by molar-refractivity contribution is 7.99. The molecule has 1 fully saturated rings. The fraction of sp³-hybridized carbons (Fsp3) is 0.778. The maximum absolute atomic E-state index is 4.41. The van der Waals surface area contributed by atoms with Crippen molar-refractivity contribution in [2.24, 2.45) is 5.92 Å². The molecule has 2 unspecified atom stereocenters. The van der Waals surface area contributed by atoms with E-state index in [9.17, 15) is 0 Å². The highest BCUT2D eigenvalue weighted by Crippen LogP contribution is 2.27. The quantitative estimate of drug-likeness (QED) is 0.863. The number of hydrogen-bond donors (Lipinski definition) is 1. The molecular weight excluding hydrogens is 214 g/mol. The number of anilines is 1. The van der Waals surface area contributed by atoms with Crippen LogP contribution in [0.3, 0.4) is 0 Å². The first-order chi connectivity index (χ1) is 6.79. The van der Waals surface area contributed by atoms with Gasteiger partial charge in [-0.1, -0.05) is 13.8 Å². The average molecular weight is 229 g/mol. The van der Waals surface area contributed by atoms with Gasteiger partial charge in [0.2, 0.25) is 5.13 Å². The molecule has 2 rings (SSSR count). The van der Waals surface area contributed by atoms with Crippen LogP contribution < -0.4 is 5.32 Å². The number of rotatable bonds is 3. The van der Waals surface area contributed by atoms with E-state index in [0.29, 0.717) is 6.04 Å². The average Bonchev–Trinajstić information content (AvgIpc) is 2.77. The number of aromatic nitrogens is 2. The van der Waals surface area contributed by atoms with E-state index >= 15 is 0 Å². The third-order valence-corrected chi connectivity index (χ3v) is 4.50. The number of aryl methyl sites for hydroxylation is 1. The molecule has 0 radical (unpaired) electrons. The van der Waals surface area contributed by atoms with E-state index in [0.717, 1.165) is 23.3 Å². The zero-order valence-corrected chi connectivity index (χ0v) is 10.1. The molecular formula is C9H15N3S2. The second-order valence-corrected chi connectivity index (χ2v) is 5.46. The van der Waals surface area contributed by atoms with Crippen molar-refractivity contribution in [3.8, 4) is 0 Å². The first-order valence-corrected chi connectivity index (χ1v) is 6.89. The van der Waals surface area contributed by atoms with Gasteiger partial charge in [0.25, 0.3) is 0 Å². The van der Waals surface area contributed by atoms with Gasteiger partial charge in [-0.05, 0) is 11.7 Å². The van der Waals surface area contributed by atoms with Crippen molar-refractivity contribution < 1.29 is 0 Å². The number of nitrogens with one attached hydrogen (secondary N) is 1. The van der Waals surface area contributed by atoms with Crippen molar-refractivity contribution in [2.45, 2.75) is 26.3 Å². The molecule has 2 heterocycles. The SMILES string of the molecule is CCc1nsc(NC2CSCC2C)n1. The van der Waals surface area contributed by atoms with Crippen LogP contribution in [0.4, 0.5) is 5.13 Å². The summed E-state index contributed by atoms with van der Waals surface area (Å²) in [5.74, 6) is 4.16. The highest BCUT2D eigenvalue weighted by atomic mass is 32.2. The van der Waals surface area contributed by atoms with Gasteiger partial charge in [-0.15, -0.1) is 0 Å². The van der Waals surface area contributed by atoms with Crippen LogP contribution in [0.25, 0.3) is 0 Å². The van der Waals surface area contributed by atoms with Crippen LogP contribution >= 0.6 is 23.3 Å². The van der Waals surface area contributed by atoms with E-state index in [-0.39, 0.29) is 0 Å². The van der Waals surface area contributed by atoms with E-state index in [1.807, 2.05) is 11.8 Å². The molecule has 1 aromatic heterocycles. The maximum Gasteiger partial charge on any atom is 0.202 e. The zero-order valence-electron chi connectivity index (χ0n) is 8.49. The Morgan fingerprint density at radius 1 is 1.50 bits per heavy atom. The number of nitrogens with zero attached hydrogens (tertiary/aromatic N) is 2. The first kappa shape index (κ1) is 10.2. The minimum Gasteiger partial charge on any atom is -0.356 e. The molecule has 0 bridgehead atoms. The molecule has 1 saturated heterocycles. The molecule has 0 aliphatic carbocycles. The second-order valence-electron chi connectivity index (χ2n) is 3.63. The smallest absolute Gasteiger partial charge is 0.202 e. The van der Waals surface area contributed by atoms with Crippen LogP contribution in [-0.2, 0) is 6.42 Å². The Balaban J connectivity index is 1.96. The van der Waals surface area contributed by atoms with Gasteiger partial charge in [0.15, 0.2) is 0 Å². The molecule has 1 aliphatic rings. The van der Waals surface area contributed by atoms with Crippen LogP contribution in [0, 0.1) is 5.92 Å². The van der Waals surface area contributed by atoms with E-state index in [1.165, 1.54) is 23.0 Å². The molecule has 0 aromatic carbocycles.